The summed E-state index contributed by atoms with van der Waals surface area (Å²) in [4.78, 5) is 27.1. The van der Waals surface area contributed by atoms with Crippen molar-refractivity contribution in [3.63, 3.8) is 0 Å². The predicted molar refractivity (Wildman–Crippen MR) is 144 cm³/mol. The maximum absolute atomic E-state index is 13.0. The number of carbonyl (C=O) groups excluding carboxylic acids is 2. The Kier molecular flexibility index (Phi) is 8.31. The van der Waals surface area contributed by atoms with Gasteiger partial charge in [-0.25, -0.2) is 4.79 Å². The van der Waals surface area contributed by atoms with Crippen LogP contribution in [0.15, 0.2) is 42.5 Å². The second-order valence-electron chi connectivity index (χ2n) is 8.61. The summed E-state index contributed by atoms with van der Waals surface area (Å²) in [7, 11) is 0. The molecule has 0 spiro atoms. The minimum Gasteiger partial charge on any atom is -0.506 e. The van der Waals surface area contributed by atoms with Crippen molar-refractivity contribution in [2.24, 2.45) is 0 Å². The van der Waals surface area contributed by atoms with Crippen molar-refractivity contribution >= 4 is 62.6 Å². The smallest absolute Gasteiger partial charge is 0.350 e. The fraction of sp³-hybridized carbons (Fsp3) is 0.360. The Bertz CT molecular complexity index is 1070. The molecular weight excluding hydrogens is 648 g/mol. The molecule has 1 amide bonds. The molecule has 2 aromatic carbocycles. The van der Waals surface area contributed by atoms with Crippen LogP contribution in [0.3, 0.4) is 0 Å². The molecule has 6 nitrogen and oxygen atoms in total. The maximum atomic E-state index is 13.0. The van der Waals surface area contributed by atoms with Crippen LogP contribution in [-0.2, 0) is 9.53 Å². The quantitative estimate of drug-likeness (QED) is 0.317. The van der Waals surface area contributed by atoms with E-state index in [1.54, 1.807) is 44.7 Å². The molecule has 0 radical (unpaired) electrons. The van der Waals surface area contributed by atoms with E-state index in [9.17, 15) is 14.7 Å². The van der Waals surface area contributed by atoms with Gasteiger partial charge < -0.3 is 19.5 Å². The number of aromatic hydroxyl groups is 1. The van der Waals surface area contributed by atoms with Crippen LogP contribution in [0.25, 0.3) is 5.57 Å². The summed E-state index contributed by atoms with van der Waals surface area (Å²) < 4.78 is 12.6. The fourth-order valence-corrected chi connectivity index (χ4v) is 5.21. The lowest BCUT2D eigenvalue weighted by Gasteiger charge is -2.28. The SMILES string of the molecule is CC(C)OC(=O)C(C)(C)Oc1cccc(C2=CCN(C(=O)c3cc(I)c(O)c(I)c3)CC2)c1. The molecule has 0 bridgehead atoms. The Morgan fingerprint density at radius 3 is 2.36 bits per heavy atom. The van der Waals surface area contributed by atoms with Gasteiger partial charge >= 0.3 is 5.97 Å². The molecule has 2 aromatic rings. The number of phenolic OH excluding ortho intramolecular Hbond substituents is 1. The molecule has 8 heteroatoms. The standard InChI is InChI=1S/C25H27I2NO5/c1-15(2)32-24(31)25(3,4)33-19-7-5-6-17(12-19)16-8-10-28(11-9-16)23(30)18-13-20(26)22(29)21(27)14-18/h5-8,12-15,29H,9-11H2,1-4H3. The molecule has 0 fully saturated rings. The van der Waals surface area contributed by atoms with Gasteiger partial charge in [-0.2, -0.15) is 0 Å². The van der Waals surface area contributed by atoms with Crippen molar-refractivity contribution in [1.82, 2.24) is 4.90 Å². The van der Waals surface area contributed by atoms with Gasteiger partial charge in [-0.15, -0.1) is 0 Å². The normalized spacial score (nSPS) is 14.2. The first-order valence-electron chi connectivity index (χ1n) is 10.6. The number of carbonyl (C=O) groups is 2. The molecule has 1 aliphatic heterocycles. The van der Waals surface area contributed by atoms with Crippen molar-refractivity contribution in [2.75, 3.05) is 13.1 Å². The van der Waals surface area contributed by atoms with E-state index in [0.717, 1.165) is 11.1 Å². The number of phenols is 1. The molecule has 1 N–H and O–H groups in total. The molecule has 0 atom stereocenters. The maximum Gasteiger partial charge on any atom is 0.350 e. The highest BCUT2D eigenvalue weighted by molar-refractivity contribution is 14.1. The van der Waals surface area contributed by atoms with E-state index in [-0.39, 0.29) is 17.8 Å². The van der Waals surface area contributed by atoms with Crippen LogP contribution in [0.2, 0.25) is 0 Å². The van der Waals surface area contributed by atoms with Gasteiger partial charge in [0.05, 0.1) is 13.2 Å². The van der Waals surface area contributed by atoms with Crippen LogP contribution in [-0.4, -0.2) is 46.7 Å². The number of halogens is 2. The number of benzene rings is 2. The van der Waals surface area contributed by atoms with Gasteiger partial charge in [0.1, 0.15) is 11.5 Å². The molecule has 1 aliphatic rings. The molecule has 33 heavy (non-hydrogen) atoms. The van der Waals surface area contributed by atoms with Crippen LogP contribution >= 0.6 is 45.2 Å². The number of amides is 1. The Labute approximate surface area is 221 Å². The monoisotopic (exact) mass is 675 g/mol. The number of esters is 1. The molecule has 176 valence electrons. The highest BCUT2D eigenvalue weighted by atomic mass is 127. The number of hydrogen-bond acceptors (Lipinski definition) is 5. The van der Waals surface area contributed by atoms with Crippen LogP contribution < -0.4 is 4.74 Å². The molecule has 0 aromatic heterocycles. The van der Waals surface area contributed by atoms with Crippen molar-refractivity contribution in [2.45, 2.75) is 45.8 Å². The van der Waals surface area contributed by atoms with Gasteiger partial charge in [-0.3, -0.25) is 4.79 Å². The third kappa shape index (κ3) is 6.40. The van der Waals surface area contributed by atoms with E-state index < -0.39 is 11.6 Å². The minimum atomic E-state index is -1.10. The summed E-state index contributed by atoms with van der Waals surface area (Å²) in [6, 6.07) is 11.1. The van der Waals surface area contributed by atoms with E-state index in [1.807, 2.05) is 69.4 Å². The van der Waals surface area contributed by atoms with Crippen molar-refractivity contribution in [3.8, 4) is 11.5 Å². The van der Waals surface area contributed by atoms with E-state index in [1.165, 1.54) is 0 Å². The molecule has 0 aliphatic carbocycles. The molecule has 0 unspecified atom stereocenters. The molecule has 3 rings (SSSR count). The van der Waals surface area contributed by atoms with Crippen LogP contribution in [0.1, 0.15) is 50.0 Å². The van der Waals surface area contributed by atoms with Crippen molar-refractivity contribution in [3.05, 3.63) is 60.7 Å². The number of hydrogen-bond donors (Lipinski definition) is 1. The van der Waals surface area contributed by atoms with E-state index in [4.69, 9.17) is 9.47 Å². The Morgan fingerprint density at radius 2 is 1.79 bits per heavy atom. The number of ether oxygens (including phenoxy) is 2. The predicted octanol–water partition coefficient (Wildman–Crippen LogP) is 5.64. The van der Waals surface area contributed by atoms with Crippen LogP contribution in [0.5, 0.6) is 11.5 Å². The second kappa shape index (κ2) is 10.6. The van der Waals surface area contributed by atoms with Crippen LogP contribution in [0.4, 0.5) is 0 Å². The lowest BCUT2D eigenvalue weighted by atomic mass is 9.98. The zero-order chi connectivity index (χ0) is 24.3. The molecule has 0 saturated carbocycles. The Balaban J connectivity index is 1.71. The second-order valence-corrected chi connectivity index (χ2v) is 10.9. The highest BCUT2D eigenvalue weighted by Crippen LogP contribution is 2.30. The topological polar surface area (TPSA) is 76.1 Å². The lowest BCUT2D eigenvalue weighted by Crippen LogP contribution is -2.40. The lowest BCUT2D eigenvalue weighted by molar-refractivity contribution is -0.163. The third-order valence-corrected chi connectivity index (χ3v) is 6.82. The molecular formula is C25H27I2NO5. The summed E-state index contributed by atoms with van der Waals surface area (Å²) in [5.41, 5.74) is 1.60. The molecule has 1 heterocycles. The first-order valence-corrected chi connectivity index (χ1v) is 12.8. The van der Waals surface area contributed by atoms with Gasteiger partial charge in [0.25, 0.3) is 5.91 Å². The highest BCUT2D eigenvalue weighted by Gasteiger charge is 2.32. The third-order valence-electron chi connectivity index (χ3n) is 5.17. The van der Waals surface area contributed by atoms with Crippen molar-refractivity contribution < 1.29 is 24.2 Å². The summed E-state index contributed by atoms with van der Waals surface area (Å²) in [6.07, 6.45) is 2.55. The summed E-state index contributed by atoms with van der Waals surface area (Å²) in [5.74, 6) is 0.332. The first kappa shape index (κ1) is 25.8. The van der Waals surface area contributed by atoms with E-state index in [0.29, 0.717) is 38.0 Å². The van der Waals surface area contributed by atoms with Crippen LogP contribution in [0, 0.1) is 7.14 Å². The number of nitrogens with zero attached hydrogens (tertiary/aromatic N) is 1. The minimum absolute atomic E-state index is 0.0522. The zero-order valence-corrected chi connectivity index (χ0v) is 23.3. The largest absolute Gasteiger partial charge is 0.506 e. The average molecular weight is 675 g/mol. The fourth-order valence-electron chi connectivity index (χ4n) is 3.44. The summed E-state index contributed by atoms with van der Waals surface area (Å²) in [6.45, 7) is 8.09. The Hall–Kier alpha value is -1.82. The van der Waals surface area contributed by atoms with Gasteiger partial charge in [0.2, 0.25) is 0 Å². The van der Waals surface area contributed by atoms with Crippen molar-refractivity contribution in [1.29, 1.82) is 0 Å². The number of rotatable bonds is 6. The van der Waals surface area contributed by atoms with Gasteiger partial charge in [0.15, 0.2) is 5.60 Å². The summed E-state index contributed by atoms with van der Waals surface area (Å²) >= 11 is 4.07. The Morgan fingerprint density at radius 1 is 1.12 bits per heavy atom. The average Bonchev–Trinajstić information content (AvgIpc) is 2.76. The molecule has 0 saturated heterocycles. The van der Waals surface area contributed by atoms with E-state index >= 15 is 0 Å². The van der Waals surface area contributed by atoms with E-state index in [2.05, 4.69) is 6.08 Å². The first-order chi connectivity index (χ1) is 15.5. The zero-order valence-electron chi connectivity index (χ0n) is 19.0. The van der Waals surface area contributed by atoms with Gasteiger partial charge in [-0.1, -0.05) is 18.2 Å². The van der Waals surface area contributed by atoms with Gasteiger partial charge in [-0.05, 0) is 115 Å². The van der Waals surface area contributed by atoms with Gasteiger partial charge in [0, 0.05) is 18.7 Å². The summed E-state index contributed by atoms with van der Waals surface area (Å²) in [5, 5.41) is 9.96.